The molecule has 3 aromatic rings. The highest BCUT2D eigenvalue weighted by Gasteiger charge is 2.10. The predicted molar refractivity (Wildman–Crippen MR) is 86.8 cm³/mol. The third kappa shape index (κ3) is 3.13. The summed E-state index contributed by atoms with van der Waals surface area (Å²) >= 11 is 0. The Balaban J connectivity index is 1.73. The number of amides is 2. The van der Waals surface area contributed by atoms with Gasteiger partial charge in [-0.3, -0.25) is 15.2 Å². The molecule has 0 bridgehead atoms. The van der Waals surface area contributed by atoms with Crippen molar-refractivity contribution in [2.24, 2.45) is 0 Å². The Morgan fingerprint density at radius 1 is 1.09 bits per heavy atom. The molecule has 2 aromatic carbocycles. The van der Waals surface area contributed by atoms with Crippen LogP contribution in [0.5, 0.6) is 5.75 Å². The van der Waals surface area contributed by atoms with Crippen molar-refractivity contribution in [1.29, 1.82) is 0 Å². The standard InChI is InChI=1S/C16H14N4O3/c1-9(21)10-2-4-11(5-3-10)17-16(23)18-15-13-8-12(22)6-7-14(13)19-20-15/h2-8,22H,1H3,(H3,17,18,19,20,23). The SMILES string of the molecule is CC(=O)c1ccc(NC(=O)Nc2n[nH]c3ccc(O)cc23)cc1. The Hall–Kier alpha value is -3.35. The molecule has 116 valence electrons. The topological polar surface area (TPSA) is 107 Å². The quantitative estimate of drug-likeness (QED) is 0.557. The zero-order chi connectivity index (χ0) is 16.4. The van der Waals surface area contributed by atoms with E-state index in [1.54, 1.807) is 30.3 Å². The summed E-state index contributed by atoms with van der Waals surface area (Å²) in [6.07, 6.45) is 0. The Morgan fingerprint density at radius 2 is 1.83 bits per heavy atom. The van der Waals surface area contributed by atoms with Gasteiger partial charge in [-0.1, -0.05) is 0 Å². The third-order valence-corrected chi connectivity index (χ3v) is 3.33. The second kappa shape index (κ2) is 5.80. The van der Waals surface area contributed by atoms with Crippen molar-refractivity contribution in [2.75, 3.05) is 10.6 Å². The van der Waals surface area contributed by atoms with Gasteiger partial charge in [0.25, 0.3) is 0 Å². The number of benzene rings is 2. The molecule has 0 aliphatic heterocycles. The number of aromatic hydroxyl groups is 1. The number of carbonyl (C=O) groups is 2. The minimum Gasteiger partial charge on any atom is -0.508 e. The van der Waals surface area contributed by atoms with Crippen LogP contribution >= 0.6 is 0 Å². The number of phenols is 1. The van der Waals surface area contributed by atoms with Gasteiger partial charge in [-0.15, -0.1) is 0 Å². The van der Waals surface area contributed by atoms with Crippen LogP contribution in [0.25, 0.3) is 10.9 Å². The lowest BCUT2D eigenvalue weighted by molar-refractivity contribution is 0.101. The summed E-state index contributed by atoms with van der Waals surface area (Å²) in [6, 6.07) is 10.8. The zero-order valence-corrected chi connectivity index (χ0v) is 12.3. The fourth-order valence-electron chi connectivity index (χ4n) is 2.16. The summed E-state index contributed by atoms with van der Waals surface area (Å²) in [5.41, 5.74) is 1.82. The van der Waals surface area contributed by atoms with E-state index in [1.165, 1.54) is 19.1 Å². The van der Waals surface area contributed by atoms with Gasteiger partial charge in [-0.2, -0.15) is 5.10 Å². The van der Waals surface area contributed by atoms with Gasteiger partial charge in [-0.05, 0) is 49.4 Å². The monoisotopic (exact) mass is 310 g/mol. The fourth-order valence-corrected chi connectivity index (χ4v) is 2.16. The lowest BCUT2D eigenvalue weighted by Gasteiger charge is -2.06. The molecule has 0 saturated heterocycles. The first-order valence-electron chi connectivity index (χ1n) is 6.89. The molecular weight excluding hydrogens is 296 g/mol. The van der Waals surface area contributed by atoms with Crippen molar-refractivity contribution in [3.8, 4) is 5.75 Å². The van der Waals surface area contributed by atoms with Gasteiger partial charge < -0.3 is 10.4 Å². The number of fused-ring (bicyclic) bond motifs is 1. The van der Waals surface area contributed by atoms with Crippen LogP contribution < -0.4 is 10.6 Å². The fraction of sp³-hybridized carbons (Fsp3) is 0.0625. The number of hydrogen-bond donors (Lipinski definition) is 4. The van der Waals surface area contributed by atoms with Gasteiger partial charge in [0.05, 0.1) is 5.52 Å². The van der Waals surface area contributed by atoms with Crippen LogP contribution in [0, 0.1) is 0 Å². The molecule has 0 saturated carbocycles. The number of aromatic amines is 1. The molecule has 7 heteroatoms. The lowest BCUT2D eigenvalue weighted by atomic mass is 10.1. The van der Waals surface area contributed by atoms with Crippen molar-refractivity contribution < 1.29 is 14.7 Å². The summed E-state index contributed by atoms with van der Waals surface area (Å²) in [5.74, 6) is 0.361. The molecule has 0 aliphatic carbocycles. The molecular formula is C16H14N4O3. The van der Waals surface area contributed by atoms with Crippen LogP contribution in [-0.2, 0) is 0 Å². The highest BCUT2D eigenvalue weighted by molar-refractivity contribution is 6.05. The minimum absolute atomic E-state index is 0.0381. The molecule has 0 spiro atoms. The first-order valence-corrected chi connectivity index (χ1v) is 6.89. The average molecular weight is 310 g/mol. The highest BCUT2D eigenvalue weighted by atomic mass is 16.3. The maximum atomic E-state index is 12.0. The lowest BCUT2D eigenvalue weighted by Crippen LogP contribution is -2.19. The van der Waals surface area contributed by atoms with Crippen LogP contribution in [0.3, 0.4) is 0 Å². The van der Waals surface area contributed by atoms with Crippen LogP contribution in [0.2, 0.25) is 0 Å². The summed E-state index contributed by atoms with van der Waals surface area (Å²) in [4.78, 5) is 23.2. The van der Waals surface area contributed by atoms with E-state index in [2.05, 4.69) is 20.8 Å². The number of hydrogen-bond acceptors (Lipinski definition) is 4. The van der Waals surface area contributed by atoms with E-state index in [0.717, 1.165) is 0 Å². The van der Waals surface area contributed by atoms with Gasteiger partial charge in [0.2, 0.25) is 0 Å². The van der Waals surface area contributed by atoms with E-state index >= 15 is 0 Å². The van der Waals surface area contributed by atoms with Gasteiger partial charge in [0.15, 0.2) is 11.6 Å². The van der Waals surface area contributed by atoms with E-state index < -0.39 is 6.03 Å². The largest absolute Gasteiger partial charge is 0.508 e. The Kier molecular flexibility index (Phi) is 3.68. The molecule has 3 rings (SSSR count). The number of aromatic nitrogens is 2. The van der Waals surface area contributed by atoms with Crippen molar-refractivity contribution in [2.45, 2.75) is 6.92 Å². The predicted octanol–water partition coefficient (Wildman–Crippen LogP) is 3.12. The number of urea groups is 1. The number of nitrogens with one attached hydrogen (secondary N) is 3. The average Bonchev–Trinajstić information content (AvgIpc) is 2.90. The second-order valence-electron chi connectivity index (χ2n) is 5.01. The van der Waals surface area contributed by atoms with E-state index in [-0.39, 0.29) is 11.5 Å². The van der Waals surface area contributed by atoms with Crippen molar-refractivity contribution in [3.63, 3.8) is 0 Å². The molecule has 1 aromatic heterocycles. The zero-order valence-electron chi connectivity index (χ0n) is 12.3. The van der Waals surface area contributed by atoms with Crippen LogP contribution in [0.15, 0.2) is 42.5 Å². The number of Topliss-reactive ketones (excluding diaryl/α,β-unsaturated/α-hetero) is 1. The van der Waals surface area contributed by atoms with Crippen molar-refractivity contribution >= 4 is 34.2 Å². The summed E-state index contributed by atoms with van der Waals surface area (Å²) in [5, 5.41) is 22.1. The minimum atomic E-state index is -0.475. The van der Waals surface area contributed by atoms with Gasteiger partial charge in [-0.25, -0.2) is 4.79 Å². The molecule has 4 N–H and O–H groups in total. The Morgan fingerprint density at radius 3 is 2.52 bits per heavy atom. The molecule has 0 atom stereocenters. The van der Waals surface area contributed by atoms with Gasteiger partial charge >= 0.3 is 6.03 Å². The van der Waals surface area contributed by atoms with E-state index in [1.807, 2.05) is 0 Å². The molecule has 0 fully saturated rings. The Bertz CT molecular complexity index is 884. The molecule has 23 heavy (non-hydrogen) atoms. The van der Waals surface area contributed by atoms with Crippen molar-refractivity contribution in [1.82, 2.24) is 10.2 Å². The number of H-pyrrole nitrogens is 1. The number of anilines is 2. The van der Waals surface area contributed by atoms with E-state index in [0.29, 0.717) is 28.0 Å². The smallest absolute Gasteiger partial charge is 0.324 e. The maximum absolute atomic E-state index is 12.0. The number of nitrogens with zero attached hydrogens (tertiary/aromatic N) is 1. The van der Waals surface area contributed by atoms with Crippen molar-refractivity contribution in [3.05, 3.63) is 48.0 Å². The van der Waals surface area contributed by atoms with Gasteiger partial charge in [0, 0.05) is 16.6 Å². The molecule has 0 radical (unpaired) electrons. The summed E-state index contributed by atoms with van der Waals surface area (Å²) < 4.78 is 0. The van der Waals surface area contributed by atoms with Crippen LogP contribution in [-0.4, -0.2) is 27.1 Å². The Labute approximate surface area is 131 Å². The molecule has 0 unspecified atom stereocenters. The molecule has 7 nitrogen and oxygen atoms in total. The third-order valence-electron chi connectivity index (χ3n) is 3.33. The number of phenolic OH excluding ortho intramolecular Hbond substituents is 1. The van der Waals surface area contributed by atoms with Gasteiger partial charge in [0.1, 0.15) is 5.75 Å². The maximum Gasteiger partial charge on any atom is 0.324 e. The van der Waals surface area contributed by atoms with E-state index in [9.17, 15) is 14.7 Å². The summed E-state index contributed by atoms with van der Waals surface area (Å²) in [6.45, 7) is 1.48. The number of rotatable bonds is 3. The second-order valence-corrected chi connectivity index (χ2v) is 5.01. The van der Waals surface area contributed by atoms with Crippen LogP contribution in [0.1, 0.15) is 17.3 Å². The number of carbonyl (C=O) groups excluding carboxylic acids is 2. The normalized spacial score (nSPS) is 10.5. The highest BCUT2D eigenvalue weighted by Crippen LogP contribution is 2.24. The molecule has 2 amide bonds. The first kappa shape index (κ1) is 14.6. The summed E-state index contributed by atoms with van der Waals surface area (Å²) in [7, 11) is 0. The molecule has 1 heterocycles. The first-order chi connectivity index (χ1) is 11.0. The van der Waals surface area contributed by atoms with E-state index in [4.69, 9.17) is 0 Å². The number of ketones is 1. The molecule has 0 aliphatic rings. The van der Waals surface area contributed by atoms with Crippen LogP contribution in [0.4, 0.5) is 16.3 Å².